The van der Waals surface area contributed by atoms with E-state index in [0.717, 1.165) is 6.92 Å². The van der Waals surface area contributed by atoms with Gasteiger partial charge in [0.15, 0.2) is 10.8 Å². The zero-order valence-corrected chi connectivity index (χ0v) is 9.26. The molecule has 0 aromatic heterocycles. The maximum atomic E-state index is 11.2. The molecule has 5 atom stereocenters. The number of rotatable bonds is 2. The number of nitrogens with two attached hydrogens (primary N) is 1. The van der Waals surface area contributed by atoms with Crippen molar-refractivity contribution in [1.82, 2.24) is 0 Å². The van der Waals surface area contributed by atoms with Crippen molar-refractivity contribution < 1.29 is 30.0 Å². The van der Waals surface area contributed by atoms with E-state index in [1.165, 1.54) is 0 Å². The van der Waals surface area contributed by atoms with Gasteiger partial charge in [-0.2, -0.15) is 0 Å². The number of hydrogen-bond donors (Lipinski definition) is 5. The quantitative estimate of drug-likeness (QED) is 0.267. The predicted octanol–water partition coefficient (Wildman–Crippen LogP) is -2.73. The van der Waals surface area contributed by atoms with Gasteiger partial charge >= 0.3 is 0 Å². The van der Waals surface area contributed by atoms with Gasteiger partial charge in [-0.05, 0) is 0 Å². The Morgan fingerprint density at radius 3 is 2.44 bits per heavy atom. The van der Waals surface area contributed by atoms with Crippen LogP contribution >= 0.6 is 11.6 Å². The lowest BCUT2D eigenvalue weighted by molar-refractivity contribution is -0.306. The number of carbonyl (C=O) groups excluding carboxylic acids is 1. The fourth-order valence-corrected chi connectivity index (χ4v) is 1.84. The maximum absolute atomic E-state index is 11.2. The summed E-state index contributed by atoms with van der Waals surface area (Å²) in [7, 11) is 0. The summed E-state index contributed by atoms with van der Waals surface area (Å²) in [5.41, 5.74) is 5.39. The standard InChI is InChI=1S/C8H14ClNO6/c1-3(12)8(15)7(9,10)6(14)5(13)4(2-11)16-8/h4-6,11,13-15H,2,10H2,1H3/t4-,5-,6+,7-,8?/m1/s1. The maximum Gasteiger partial charge on any atom is 0.262 e. The van der Waals surface area contributed by atoms with Crippen LogP contribution in [0.5, 0.6) is 0 Å². The molecule has 1 aliphatic heterocycles. The van der Waals surface area contributed by atoms with Crippen molar-refractivity contribution in [3.05, 3.63) is 0 Å². The molecular weight excluding hydrogens is 242 g/mol. The van der Waals surface area contributed by atoms with E-state index < -0.39 is 41.5 Å². The number of Topliss-reactive ketones (excluding diaryl/α,β-unsaturated/α-hetero) is 1. The third-order valence-electron chi connectivity index (χ3n) is 2.63. The van der Waals surface area contributed by atoms with Crippen LogP contribution in [0.15, 0.2) is 0 Å². The third-order valence-corrected chi connectivity index (χ3v) is 3.11. The average Bonchev–Trinajstić information content (AvgIpc) is 2.21. The number of halogens is 1. The van der Waals surface area contributed by atoms with Gasteiger partial charge in [-0.1, -0.05) is 11.6 Å². The van der Waals surface area contributed by atoms with Crippen LogP contribution in [0, 0.1) is 0 Å². The van der Waals surface area contributed by atoms with E-state index in [9.17, 15) is 20.1 Å². The SMILES string of the molecule is CC(=O)C1(O)O[C@H](CO)[C@@H](O)[C@H](O)[C@]1(N)Cl. The van der Waals surface area contributed by atoms with E-state index in [1.54, 1.807) is 0 Å². The van der Waals surface area contributed by atoms with Crippen molar-refractivity contribution in [1.29, 1.82) is 0 Å². The van der Waals surface area contributed by atoms with Crippen molar-refractivity contribution in [2.45, 2.75) is 36.0 Å². The Balaban J connectivity index is 3.15. The van der Waals surface area contributed by atoms with Gasteiger partial charge in [-0.3, -0.25) is 4.79 Å². The molecule has 0 radical (unpaired) electrons. The second kappa shape index (κ2) is 4.19. The van der Waals surface area contributed by atoms with E-state index in [0.29, 0.717) is 0 Å². The van der Waals surface area contributed by atoms with E-state index in [1.807, 2.05) is 0 Å². The first kappa shape index (κ1) is 13.8. The van der Waals surface area contributed by atoms with Crippen LogP contribution in [0.1, 0.15) is 6.92 Å². The first-order valence-electron chi connectivity index (χ1n) is 4.54. The molecule has 0 spiro atoms. The van der Waals surface area contributed by atoms with E-state index in [2.05, 4.69) is 0 Å². The first-order chi connectivity index (χ1) is 7.18. The van der Waals surface area contributed by atoms with Gasteiger partial charge in [-0.15, -0.1) is 0 Å². The van der Waals surface area contributed by atoms with Crippen LogP contribution < -0.4 is 5.73 Å². The van der Waals surface area contributed by atoms with Gasteiger partial charge in [0.2, 0.25) is 0 Å². The second-order valence-corrected chi connectivity index (χ2v) is 4.37. The number of ether oxygens (including phenoxy) is 1. The lowest BCUT2D eigenvalue weighted by Gasteiger charge is -2.49. The molecule has 1 fully saturated rings. The zero-order chi connectivity index (χ0) is 12.7. The Kier molecular flexibility index (Phi) is 3.61. The fraction of sp³-hybridized carbons (Fsp3) is 0.875. The summed E-state index contributed by atoms with van der Waals surface area (Å²) in [6.45, 7) is 0.254. The minimum Gasteiger partial charge on any atom is -0.394 e. The highest BCUT2D eigenvalue weighted by molar-refractivity contribution is 6.26. The summed E-state index contributed by atoms with van der Waals surface area (Å²) in [6, 6.07) is 0. The highest BCUT2D eigenvalue weighted by Crippen LogP contribution is 2.38. The first-order valence-corrected chi connectivity index (χ1v) is 4.92. The normalized spacial score (nSPS) is 49.1. The molecule has 0 aromatic rings. The molecule has 1 heterocycles. The molecule has 6 N–H and O–H groups in total. The molecule has 1 rings (SSSR count). The predicted molar refractivity (Wildman–Crippen MR) is 52.4 cm³/mol. The molecule has 0 amide bonds. The smallest absolute Gasteiger partial charge is 0.262 e. The molecule has 0 aromatic carbocycles. The van der Waals surface area contributed by atoms with E-state index >= 15 is 0 Å². The number of aliphatic hydroxyl groups is 4. The second-order valence-electron chi connectivity index (χ2n) is 3.74. The largest absolute Gasteiger partial charge is 0.394 e. The van der Waals surface area contributed by atoms with Crippen LogP contribution in [0.2, 0.25) is 0 Å². The Bertz CT molecular complexity index is 298. The molecule has 1 unspecified atom stereocenters. The van der Waals surface area contributed by atoms with Gasteiger partial charge in [0.05, 0.1) is 6.61 Å². The topological polar surface area (TPSA) is 133 Å². The molecule has 0 saturated carbocycles. The van der Waals surface area contributed by atoms with Gasteiger partial charge in [-0.25, -0.2) is 0 Å². The Morgan fingerprint density at radius 2 is 2.06 bits per heavy atom. The molecule has 0 aliphatic carbocycles. The molecule has 94 valence electrons. The third kappa shape index (κ3) is 1.74. The fourth-order valence-electron chi connectivity index (χ4n) is 1.53. The molecule has 1 saturated heterocycles. The summed E-state index contributed by atoms with van der Waals surface area (Å²) in [5, 5.41) is 37.8. The van der Waals surface area contributed by atoms with Crippen LogP contribution in [-0.4, -0.2) is 61.9 Å². The van der Waals surface area contributed by atoms with Gasteiger partial charge < -0.3 is 30.9 Å². The molecule has 7 nitrogen and oxygen atoms in total. The highest BCUT2D eigenvalue weighted by atomic mass is 35.5. The lowest BCUT2D eigenvalue weighted by Crippen LogP contribution is -2.76. The summed E-state index contributed by atoms with van der Waals surface area (Å²) >= 11 is 5.63. The number of hydrogen-bond acceptors (Lipinski definition) is 7. The Labute approximate surface area is 96.4 Å². The highest BCUT2D eigenvalue weighted by Gasteiger charge is 2.64. The van der Waals surface area contributed by atoms with Gasteiger partial charge in [0, 0.05) is 6.92 Å². The number of carbonyl (C=O) groups is 1. The van der Waals surface area contributed by atoms with Crippen LogP contribution in [-0.2, 0) is 9.53 Å². The molecule has 0 bridgehead atoms. The van der Waals surface area contributed by atoms with Crippen LogP contribution in [0.4, 0.5) is 0 Å². The molecule has 8 heteroatoms. The van der Waals surface area contributed by atoms with Crippen LogP contribution in [0.25, 0.3) is 0 Å². The zero-order valence-electron chi connectivity index (χ0n) is 8.50. The van der Waals surface area contributed by atoms with Crippen molar-refractivity contribution in [2.24, 2.45) is 5.73 Å². The summed E-state index contributed by atoms with van der Waals surface area (Å²) in [4.78, 5) is 8.85. The van der Waals surface area contributed by atoms with Crippen LogP contribution in [0.3, 0.4) is 0 Å². The van der Waals surface area contributed by atoms with Crippen molar-refractivity contribution >= 4 is 17.4 Å². The van der Waals surface area contributed by atoms with Gasteiger partial charge in [0.25, 0.3) is 5.79 Å². The van der Waals surface area contributed by atoms with Crippen molar-refractivity contribution in [2.75, 3.05) is 6.61 Å². The molecule has 16 heavy (non-hydrogen) atoms. The van der Waals surface area contributed by atoms with Crippen molar-refractivity contribution in [3.63, 3.8) is 0 Å². The minimum atomic E-state index is -2.67. The van der Waals surface area contributed by atoms with Gasteiger partial charge in [0.1, 0.15) is 18.3 Å². The number of aliphatic hydroxyl groups excluding tert-OH is 3. The molecular formula is C8H14ClNO6. The summed E-state index contributed by atoms with van der Waals surface area (Å²) in [5.74, 6) is -3.60. The number of alkyl halides is 1. The monoisotopic (exact) mass is 255 g/mol. The summed E-state index contributed by atoms with van der Waals surface area (Å²) < 4.78 is 4.77. The lowest BCUT2D eigenvalue weighted by atomic mass is 9.88. The average molecular weight is 256 g/mol. The Morgan fingerprint density at radius 1 is 1.56 bits per heavy atom. The number of ketones is 1. The Hall–Kier alpha value is -0.280. The minimum absolute atomic E-state index is 0.708. The summed E-state index contributed by atoms with van der Waals surface area (Å²) in [6.07, 6.45) is -4.78. The van der Waals surface area contributed by atoms with E-state index in [-0.39, 0.29) is 0 Å². The van der Waals surface area contributed by atoms with E-state index in [4.69, 9.17) is 27.2 Å². The molecule has 1 aliphatic rings. The van der Waals surface area contributed by atoms with Crippen molar-refractivity contribution in [3.8, 4) is 0 Å².